The molecule has 0 unspecified atom stereocenters. The number of aromatic amines is 1. The molecule has 0 aliphatic rings. The van der Waals surface area contributed by atoms with Gasteiger partial charge in [-0.15, -0.1) is 12.4 Å². The topological polar surface area (TPSA) is 45.8 Å². The van der Waals surface area contributed by atoms with Gasteiger partial charge in [-0.1, -0.05) is 19.8 Å². The van der Waals surface area contributed by atoms with Crippen molar-refractivity contribution in [2.24, 2.45) is 0 Å². The van der Waals surface area contributed by atoms with Crippen molar-refractivity contribution in [3.05, 3.63) is 17.7 Å². The minimum Gasteiger partial charge on any atom is -0.340 e. The highest BCUT2D eigenvalue weighted by atomic mass is 35.5. The van der Waals surface area contributed by atoms with Crippen LogP contribution in [0.15, 0.2) is 6.20 Å². The molecule has 4 heteroatoms. The van der Waals surface area contributed by atoms with E-state index in [0.717, 1.165) is 25.0 Å². The smallest absolute Gasteiger partial charge is 0.167 e. The molecule has 0 atom stereocenters. The number of halogens is 1. The lowest BCUT2D eigenvalue weighted by atomic mass is 10.2. The summed E-state index contributed by atoms with van der Waals surface area (Å²) < 4.78 is 0. The van der Waals surface area contributed by atoms with E-state index in [-0.39, 0.29) is 12.4 Å². The van der Waals surface area contributed by atoms with Crippen molar-refractivity contribution in [3.63, 3.8) is 0 Å². The monoisotopic (exact) mass is 202 g/mol. The SMILES string of the molecule is CCCCCc1ncc(C=O)[nH]1.Cl. The average molecular weight is 203 g/mol. The summed E-state index contributed by atoms with van der Waals surface area (Å²) in [6, 6.07) is 0. The third kappa shape index (κ3) is 4.08. The second-order valence-corrected chi connectivity index (χ2v) is 2.86. The first-order valence-electron chi connectivity index (χ1n) is 4.36. The summed E-state index contributed by atoms with van der Waals surface area (Å²) in [5.41, 5.74) is 0.571. The van der Waals surface area contributed by atoms with Crippen LogP contribution in [0.1, 0.15) is 42.5 Å². The number of imidazole rings is 1. The number of aryl methyl sites for hydroxylation is 1. The minimum absolute atomic E-state index is 0. The molecular weight excluding hydrogens is 188 g/mol. The summed E-state index contributed by atoms with van der Waals surface area (Å²) >= 11 is 0. The largest absolute Gasteiger partial charge is 0.340 e. The second kappa shape index (κ2) is 6.66. The highest BCUT2D eigenvalue weighted by molar-refractivity contribution is 5.85. The van der Waals surface area contributed by atoms with Crippen LogP contribution in [-0.4, -0.2) is 16.3 Å². The van der Waals surface area contributed by atoms with Crippen LogP contribution in [0.2, 0.25) is 0 Å². The van der Waals surface area contributed by atoms with Crippen molar-refractivity contribution < 1.29 is 4.79 Å². The predicted molar refractivity (Wildman–Crippen MR) is 54.5 cm³/mol. The highest BCUT2D eigenvalue weighted by Gasteiger charge is 1.97. The van der Waals surface area contributed by atoms with E-state index in [1.807, 2.05) is 0 Å². The average Bonchev–Trinajstić information content (AvgIpc) is 2.53. The Hall–Kier alpha value is -0.830. The summed E-state index contributed by atoms with van der Waals surface area (Å²) in [5, 5.41) is 0. The first-order chi connectivity index (χ1) is 5.86. The number of unbranched alkanes of at least 4 members (excludes halogenated alkanes) is 2. The maximum atomic E-state index is 10.3. The van der Waals surface area contributed by atoms with Gasteiger partial charge in [0, 0.05) is 6.42 Å². The van der Waals surface area contributed by atoms with Gasteiger partial charge in [-0.2, -0.15) is 0 Å². The normalized spacial score (nSPS) is 9.31. The Morgan fingerprint density at radius 2 is 2.31 bits per heavy atom. The summed E-state index contributed by atoms with van der Waals surface area (Å²) in [5.74, 6) is 0.922. The molecule has 0 amide bonds. The van der Waals surface area contributed by atoms with E-state index in [4.69, 9.17) is 0 Å². The van der Waals surface area contributed by atoms with Gasteiger partial charge in [0.25, 0.3) is 0 Å². The van der Waals surface area contributed by atoms with Gasteiger partial charge in [-0.3, -0.25) is 4.79 Å². The van der Waals surface area contributed by atoms with Crippen LogP contribution < -0.4 is 0 Å². The number of nitrogens with one attached hydrogen (secondary N) is 1. The van der Waals surface area contributed by atoms with Crippen molar-refractivity contribution in [2.75, 3.05) is 0 Å². The van der Waals surface area contributed by atoms with Crippen LogP contribution in [0.4, 0.5) is 0 Å². The summed E-state index contributed by atoms with van der Waals surface area (Å²) in [4.78, 5) is 17.3. The summed E-state index contributed by atoms with van der Waals surface area (Å²) in [6.07, 6.45) is 6.88. The van der Waals surface area contributed by atoms with E-state index in [0.29, 0.717) is 5.69 Å². The Balaban J connectivity index is 0.00000144. The molecule has 1 N–H and O–H groups in total. The predicted octanol–water partition coefficient (Wildman–Crippen LogP) is 2.38. The molecule has 0 bridgehead atoms. The van der Waals surface area contributed by atoms with Gasteiger partial charge < -0.3 is 4.98 Å². The van der Waals surface area contributed by atoms with Gasteiger partial charge >= 0.3 is 0 Å². The third-order valence-corrected chi connectivity index (χ3v) is 1.79. The van der Waals surface area contributed by atoms with E-state index in [9.17, 15) is 4.79 Å². The van der Waals surface area contributed by atoms with Crippen molar-refractivity contribution in [1.82, 2.24) is 9.97 Å². The molecule has 0 aromatic carbocycles. The molecule has 0 fully saturated rings. The molecule has 0 radical (unpaired) electrons. The van der Waals surface area contributed by atoms with Gasteiger partial charge in [-0.25, -0.2) is 4.98 Å². The molecule has 0 saturated heterocycles. The highest BCUT2D eigenvalue weighted by Crippen LogP contribution is 2.02. The maximum Gasteiger partial charge on any atom is 0.167 e. The van der Waals surface area contributed by atoms with Crippen LogP contribution >= 0.6 is 12.4 Å². The first kappa shape index (κ1) is 12.2. The van der Waals surface area contributed by atoms with Crippen LogP contribution in [-0.2, 0) is 6.42 Å². The molecule has 0 aliphatic heterocycles. The van der Waals surface area contributed by atoms with Gasteiger partial charge in [-0.05, 0) is 6.42 Å². The zero-order valence-corrected chi connectivity index (χ0v) is 8.56. The summed E-state index contributed by atoms with van der Waals surface area (Å²) in [6.45, 7) is 2.17. The number of carbonyl (C=O) groups is 1. The third-order valence-electron chi connectivity index (χ3n) is 1.79. The lowest BCUT2D eigenvalue weighted by Crippen LogP contribution is -1.88. The lowest BCUT2D eigenvalue weighted by Gasteiger charge is -1.93. The Labute approximate surface area is 84.4 Å². The minimum atomic E-state index is 0. The Morgan fingerprint density at radius 3 is 2.85 bits per heavy atom. The Morgan fingerprint density at radius 1 is 1.54 bits per heavy atom. The molecule has 1 rings (SSSR count). The number of hydrogen-bond acceptors (Lipinski definition) is 2. The second-order valence-electron chi connectivity index (χ2n) is 2.86. The maximum absolute atomic E-state index is 10.3. The molecule has 13 heavy (non-hydrogen) atoms. The molecule has 3 nitrogen and oxygen atoms in total. The number of carbonyl (C=O) groups excluding carboxylic acids is 1. The molecule has 0 spiro atoms. The number of H-pyrrole nitrogens is 1. The lowest BCUT2D eigenvalue weighted by molar-refractivity contribution is 0.111. The molecular formula is C9H15ClN2O. The molecule has 1 heterocycles. The molecule has 1 aromatic heterocycles. The van der Waals surface area contributed by atoms with Crippen LogP contribution in [0.5, 0.6) is 0 Å². The van der Waals surface area contributed by atoms with Crippen LogP contribution in [0.25, 0.3) is 0 Å². The standard InChI is InChI=1S/C9H14N2O.ClH/c1-2-3-4-5-9-10-6-8(7-12)11-9;/h6-7H,2-5H2,1H3,(H,10,11);1H. The van der Waals surface area contributed by atoms with Gasteiger partial charge in [0.15, 0.2) is 6.29 Å². The van der Waals surface area contributed by atoms with E-state index in [1.54, 1.807) is 6.20 Å². The fourth-order valence-electron chi connectivity index (χ4n) is 1.11. The molecule has 1 aromatic rings. The van der Waals surface area contributed by atoms with Crippen molar-refractivity contribution in [3.8, 4) is 0 Å². The van der Waals surface area contributed by atoms with Crippen molar-refractivity contribution in [1.29, 1.82) is 0 Å². The zero-order valence-electron chi connectivity index (χ0n) is 7.75. The van der Waals surface area contributed by atoms with Gasteiger partial charge in [0.05, 0.1) is 11.9 Å². The first-order valence-corrected chi connectivity index (χ1v) is 4.36. The van der Waals surface area contributed by atoms with E-state index in [1.165, 1.54) is 12.8 Å². The van der Waals surface area contributed by atoms with Crippen LogP contribution in [0, 0.1) is 0 Å². The number of aromatic nitrogens is 2. The Bertz CT molecular complexity index is 248. The molecule has 0 aliphatic carbocycles. The molecule has 74 valence electrons. The zero-order chi connectivity index (χ0) is 8.81. The number of rotatable bonds is 5. The Kier molecular flexibility index (Phi) is 6.24. The van der Waals surface area contributed by atoms with Gasteiger partial charge in [0.2, 0.25) is 0 Å². The van der Waals surface area contributed by atoms with Gasteiger partial charge in [0.1, 0.15) is 5.82 Å². The van der Waals surface area contributed by atoms with E-state index >= 15 is 0 Å². The number of hydrogen-bond donors (Lipinski definition) is 1. The summed E-state index contributed by atoms with van der Waals surface area (Å²) in [7, 11) is 0. The fraction of sp³-hybridized carbons (Fsp3) is 0.556. The fourth-order valence-corrected chi connectivity index (χ4v) is 1.11. The van der Waals surface area contributed by atoms with E-state index < -0.39 is 0 Å². The van der Waals surface area contributed by atoms with Crippen molar-refractivity contribution in [2.45, 2.75) is 32.6 Å². The van der Waals surface area contributed by atoms with Crippen LogP contribution in [0.3, 0.4) is 0 Å². The molecule has 0 saturated carbocycles. The van der Waals surface area contributed by atoms with E-state index in [2.05, 4.69) is 16.9 Å². The quantitative estimate of drug-likeness (QED) is 0.589. The number of aldehydes is 1. The van der Waals surface area contributed by atoms with Crippen molar-refractivity contribution >= 4 is 18.7 Å². The number of nitrogens with zero attached hydrogens (tertiary/aromatic N) is 1.